The first-order valence-electron chi connectivity index (χ1n) is 12.0. The van der Waals surface area contributed by atoms with Crippen LogP contribution in [0.4, 0.5) is 4.79 Å². The second-order valence-electron chi connectivity index (χ2n) is 8.57. The van der Waals surface area contributed by atoms with Crippen molar-refractivity contribution in [1.29, 1.82) is 0 Å². The molecule has 0 unspecified atom stereocenters. The molecule has 198 valence electrons. The number of carboxylic acid groups (broad SMARTS) is 1. The molecule has 12 nitrogen and oxygen atoms in total. The summed E-state index contributed by atoms with van der Waals surface area (Å²) in [6.45, 7) is 6.46. The van der Waals surface area contributed by atoms with Gasteiger partial charge in [0.15, 0.2) is 5.82 Å². The smallest absolute Gasteiger partial charge is 0.481 e. The van der Waals surface area contributed by atoms with E-state index in [-0.39, 0.29) is 51.3 Å². The molecular weight excluding hydrogens is 482 g/mol. The number of aryl methyl sites for hydroxylation is 2. The summed E-state index contributed by atoms with van der Waals surface area (Å²) in [5.74, 6) is -1.73. The van der Waals surface area contributed by atoms with Gasteiger partial charge in [-0.15, -0.1) is 5.06 Å². The average molecular weight is 514 g/mol. The molecule has 3 rings (SSSR count). The number of aliphatic carboxylic acids is 1. The van der Waals surface area contributed by atoms with Crippen LogP contribution in [0.3, 0.4) is 0 Å². The Hall–Kier alpha value is -4.06. The largest absolute Gasteiger partial charge is 0.527 e. The summed E-state index contributed by atoms with van der Waals surface area (Å²) >= 11 is 0. The number of piperazine rings is 1. The highest BCUT2D eigenvalue weighted by molar-refractivity contribution is 5.96. The number of hydrogen-bond donors (Lipinski definition) is 2. The van der Waals surface area contributed by atoms with Gasteiger partial charge in [0.25, 0.3) is 5.91 Å². The Morgan fingerprint density at radius 3 is 2.46 bits per heavy atom. The standard InChI is InChI=1S/C25H31N5O7/c1-4-36-25(35)37-30-12-10-29(11-13-30)24(34)19(8-9-21(31)32)28-23(33)20-15-17(3)26-22(27-20)18-7-5-6-16(2)14-18/h5-7,14-15,19H,4,8-13H2,1-3H3,(H,28,33)(H,31,32)/t19-/m0/s1. The number of hydroxylamine groups is 2. The topological polar surface area (TPSA) is 151 Å². The summed E-state index contributed by atoms with van der Waals surface area (Å²) in [5.41, 5.74) is 2.41. The van der Waals surface area contributed by atoms with Gasteiger partial charge < -0.3 is 24.9 Å². The molecule has 1 aliphatic rings. The van der Waals surface area contributed by atoms with Crippen molar-refractivity contribution < 1.29 is 33.9 Å². The molecule has 1 aliphatic heterocycles. The van der Waals surface area contributed by atoms with E-state index in [1.807, 2.05) is 31.2 Å². The lowest BCUT2D eigenvalue weighted by atomic mass is 10.1. The number of rotatable bonds is 9. The molecule has 37 heavy (non-hydrogen) atoms. The normalized spacial score (nSPS) is 14.5. The first-order valence-corrected chi connectivity index (χ1v) is 12.0. The van der Waals surface area contributed by atoms with Gasteiger partial charge in [-0.25, -0.2) is 14.8 Å². The van der Waals surface area contributed by atoms with Gasteiger partial charge in [-0.2, -0.15) is 0 Å². The molecule has 2 aromatic rings. The van der Waals surface area contributed by atoms with Crippen LogP contribution in [0.1, 0.15) is 41.5 Å². The molecule has 2 heterocycles. The Bertz CT molecular complexity index is 1150. The number of nitrogens with one attached hydrogen (secondary N) is 1. The number of aromatic nitrogens is 2. The molecular formula is C25H31N5O7. The first kappa shape index (κ1) is 27.5. The molecule has 1 atom stereocenters. The van der Waals surface area contributed by atoms with E-state index in [4.69, 9.17) is 14.7 Å². The second-order valence-corrected chi connectivity index (χ2v) is 8.57. The molecule has 1 saturated heterocycles. The summed E-state index contributed by atoms with van der Waals surface area (Å²) in [6.07, 6.45) is -1.21. The molecule has 0 spiro atoms. The van der Waals surface area contributed by atoms with Gasteiger partial charge in [0.2, 0.25) is 5.91 Å². The summed E-state index contributed by atoms with van der Waals surface area (Å²) in [4.78, 5) is 64.5. The fourth-order valence-electron chi connectivity index (χ4n) is 3.83. The highest BCUT2D eigenvalue weighted by atomic mass is 16.8. The van der Waals surface area contributed by atoms with Crippen molar-refractivity contribution in [2.45, 2.75) is 39.7 Å². The van der Waals surface area contributed by atoms with Gasteiger partial charge in [-0.05, 0) is 39.3 Å². The fourth-order valence-corrected chi connectivity index (χ4v) is 3.83. The van der Waals surface area contributed by atoms with Crippen molar-refractivity contribution >= 4 is 23.9 Å². The highest BCUT2D eigenvalue weighted by Gasteiger charge is 2.31. The average Bonchev–Trinajstić information content (AvgIpc) is 2.86. The maximum atomic E-state index is 13.2. The molecule has 0 bridgehead atoms. The molecule has 12 heteroatoms. The van der Waals surface area contributed by atoms with Crippen LogP contribution in [-0.2, 0) is 19.2 Å². The van der Waals surface area contributed by atoms with E-state index >= 15 is 0 Å². The molecule has 0 saturated carbocycles. The van der Waals surface area contributed by atoms with Gasteiger partial charge in [-0.3, -0.25) is 14.4 Å². The van der Waals surface area contributed by atoms with E-state index in [0.717, 1.165) is 11.1 Å². The fraction of sp³-hybridized carbons (Fsp3) is 0.440. The van der Waals surface area contributed by atoms with Crippen LogP contribution in [-0.4, -0.2) is 87.8 Å². The predicted molar refractivity (Wildman–Crippen MR) is 131 cm³/mol. The first-order chi connectivity index (χ1) is 17.7. The van der Waals surface area contributed by atoms with Crippen molar-refractivity contribution in [1.82, 2.24) is 25.2 Å². The summed E-state index contributed by atoms with van der Waals surface area (Å²) in [7, 11) is 0. The third-order valence-corrected chi connectivity index (χ3v) is 5.63. The highest BCUT2D eigenvalue weighted by Crippen LogP contribution is 2.18. The summed E-state index contributed by atoms with van der Waals surface area (Å²) in [6, 6.07) is 8.00. The van der Waals surface area contributed by atoms with Crippen LogP contribution in [0, 0.1) is 13.8 Å². The van der Waals surface area contributed by atoms with E-state index in [0.29, 0.717) is 11.5 Å². The minimum atomic E-state index is -1.08. The van der Waals surface area contributed by atoms with Crippen LogP contribution in [0.25, 0.3) is 11.4 Å². The van der Waals surface area contributed by atoms with Crippen molar-refractivity contribution in [3.63, 3.8) is 0 Å². The number of hydrogen-bond acceptors (Lipinski definition) is 9. The number of carboxylic acids is 1. The summed E-state index contributed by atoms with van der Waals surface area (Å²) < 4.78 is 4.75. The van der Waals surface area contributed by atoms with E-state index in [1.54, 1.807) is 13.8 Å². The number of carbonyl (C=O) groups excluding carboxylic acids is 3. The number of carbonyl (C=O) groups is 4. The van der Waals surface area contributed by atoms with Gasteiger partial charge >= 0.3 is 12.1 Å². The van der Waals surface area contributed by atoms with E-state index < -0.39 is 30.0 Å². The second kappa shape index (κ2) is 12.8. The van der Waals surface area contributed by atoms with Gasteiger partial charge in [0.1, 0.15) is 11.7 Å². The molecule has 1 aromatic carbocycles. The third-order valence-electron chi connectivity index (χ3n) is 5.63. The Balaban J connectivity index is 1.71. The molecule has 1 aromatic heterocycles. The minimum Gasteiger partial charge on any atom is -0.481 e. The minimum absolute atomic E-state index is 0.0739. The van der Waals surface area contributed by atoms with E-state index in [9.17, 15) is 19.2 Å². The van der Waals surface area contributed by atoms with Crippen molar-refractivity contribution in [3.8, 4) is 11.4 Å². The van der Waals surface area contributed by atoms with Crippen LogP contribution in [0.5, 0.6) is 0 Å². The lowest BCUT2D eigenvalue weighted by molar-refractivity contribution is -0.157. The van der Waals surface area contributed by atoms with Crippen LogP contribution in [0.15, 0.2) is 30.3 Å². The van der Waals surface area contributed by atoms with Crippen molar-refractivity contribution in [2.24, 2.45) is 0 Å². The molecule has 1 fully saturated rings. The Kier molecular flexibility index (Phi) is 9.50. The number of benzene rings is 1. The zero-order chi connectivity index (χ0) is 26.9. The third kappa shape index (κ3) is 7.97. The van der Waals surface area contributed by atoms with Gasteiger partial charge in [0, 0.05) is 30.8 Å². The van der Waals surface area contributed by atoms with Gasteiger partial charge in [0.05, 0.1) is 19.7 Å². The lowest BCUT2D eigenvalue weighted by Crippen LogP contribution is -2.55. The zero-order valence-electron chi connectivity index (χ0n) is 21.1. The Morgan fingerprint density at radius 2 is 1.81 bits per heavy atom. The molecule has 2 amide bonds. The maximum Gasteiger partial charge on any atom is 0.527 e. The monoisotopic (exact) mass is 513 g/mol. The maximum absolute atomic E-state index is 13.2. The molecule has 0 aliphatic carbocycles. The van der Waals surface area contributed by atoms with Crippen molar-refractivity contribution in [2.75, 3.05) is 32.8 Å². The number of nitrogens with zero attached hydrogens (tertiary/aromatic N) is 4. The molecule has 2 N–H and O–H groups in total. The lowest BCUT2D eigenvalue weighted by Gasteiger charge is -2.35. The Morgan fingerprint density at radius 1 is 1.08 bits per heavy atom. The molecule has 0 radical (unpaired) electrons. The van der Waals surface area contributed by atoms with Gasteiger partial charge in [-0.1, -0.05) is 23.8 Å². The van der Waals surface area contributed by atoms with E-state index in [1.165, 1.54) is 16.0 Å². The Labute approximate surface area is 214 Å². The summed E-state index contributed by atoms with van der Waals surface area (Å²) in [5, 5.41) is 13.2. The predicted octanol–water partition coefficient (Wildman–Crippen LogP) is 1.96. The van der Waals surface area contributed by atoms with Crippen LogP contribution >= 0.6 is 0 Å². The zero-order valence-corrected chi connectivity index (χ0v) is 21.1. The van der Waals surface area contributed by atoms with Crippen molar-refractivity contribution in [3.05, 3.63) is 47.3 Å². The van der Waals surface area contributed by atoms with E-state index in [2.05, 4.69) is 15.3 Å². The quantitative estimate of drug-likeness (QED) is 0.476. The van der Waals surface area contributed by atoms with Crippen LogP contribution in [0.2, 0.25) is 0 Å². The SMILES string of the molecule is CCOC(=O)ON1CCN(C(=O)[C@H](CCC(=O)O)NC(=O)c2cc(C)nc(-c3cccc(C)c3)n2)CC1. The number of amides is 2. The number of ether oxygens (including phenoxy) is 1. The van der Waals surface area contributed by atoms with Crippen LogP contribution < -0.4 is 5.32 Å².